The molecule has 29 heavy (non-hydrogen) atoms. The first kappa shape index (κ1) is 23.2. The van der Waals surface area contributed by atoms with Gasteiger partial charge in [-0.05, 0) is 43.4 Å². The average molecular weight is 402 g/mol. The first-order chi connectivity index (χ1) is 14.0. The molecule has 0 bridgehead atoms. The van der Waals surface area contributed by atoms with Gasteiger partial charge >= 0.3 is 0 Å². The van der Waals surface area contributed by atoms with Gasteiger partial charge in [0.05, 0.1) is 5.56 Å². The summed E-state index contributed by atoms with van der Waals surface area (Å²) in [5, 5.41) is 6.01. The van der Waals surface area contributed by atoms with Crippen molar-refractivity contribution in [2.75, 3.05) is 29.9 Å². The van der Waals surface area contributed by atoms with Crippen LogP contribution in [0, 0.1) is 5.92 Å². The van der Waals surface area contributed by atoms with Crippen LogP contribution < -0.4 is 15.5 Å². The zero-order chi connectivity index (χ0) is 21.1. The number of carbonyl (C=O) groups excluding carboxylic acids is 2. The summed E-state index contributed by atoms with van der Waals surface area (Å²) in [6.45, 7) is 8.98. The van der Waals surface area contributed by atoms with Gasteiger partial charge in [0, 0.05) is 37.4 Å². The van der Waals surface area contributed by atoms with E-state index >= 15 is 0 Å². The summed E-state index contributed by atoms with van der Waals surface area (Å²) in [5.41, 5.74) is 2.33. The summed E-state index contributed by atoms with van der Waals surface area (Å²) in [6.07, 6.45) is 9.84. The van der Waals surface area contributed by atoms with E-state index in [1.807, 2.05) is 18.2 Å². The van der Waals surface area contributed by atoms with Gasteiger partial charge in [0.25, 0.3) is 5.91 Å². The van der Waals surface area contributed by atoms with Crippen LogP contribution in [0.15, 0.2) is 18.2 Å². The summed E-state index contributed by atoms with van der Waals surface area (Å²) in [4.78, 5) is 27.4. The molecule has 0 spiro atoms. The third kappa shape index (κ3) is 8.08. The molecule has 0 unspecified atom stereocenters. The fourth-order valence-corrected chi connectivity index (χ4v) is 3.71. The van der Waals surface area contributed by atoms with E-state index < -0.39 is 0 Å². The Balaban J connectivity index is 1.98. The van der Waals surface area contributed by atoms with Crippen molar-refractivity contribution < 1.29 is 9.59 Å². The second kappa shape index (κ2) is 12.5. The van der Waals surface area contributed by atoms with E-state index in [2.05, 4.69) is 36.3 Å². The normalized spacial score (nSPS) is 13.7. The maximum absolute atomic E-state index is 12.8. The predicted molar refractivity (Wildman–Crippen MR) is 122 cm³/mol. The van der Waals surface area contributed by atoms with Gasteiger partial charge in [0.1, 0.15) is 0 Å². The molecule has 5 nitrogen and oxygen atoms in total. The molecule has 0 saturated carbocycles. The molecule has 2 amide bonds. The summed E-state index contributed by atoms with van der Waals surface area (Å²) in [7, 11) is 0. The first-order valence-corrected chi connectivity index (χ1v) is 11.5. The van der Waals surface area contributed by atoms with E-state index in [0.29, 0.717) is 30.1 Å². The van der Waals surface area contributed by atoms with Gasteiger partial charge in [0.2, 0.25) is 5.91 Å². The third-order valence-electron chi connectivity index (χ3n) is 5.40. The number of hydrogen-bond donors (Lipinski definition) is 2. The maximum atomic E-state index is 12.8. The third-order valence-corrected chi connectivity index (χ3v) is 5.40. The summed E-state index contributed by atoms with van der Waals surface area (Å²) < 4.78 is 0. The van der Waals surface area contributed by atoms with E-state index in [1.54, 1.807) is 0 Å². The predicted octanol–water partition coefficient (Wildman–Crippen LogP) is 5.36. The molecule has 1 fully saturated rings. The number of benzene rings is 1. The lowest BCUT2D eigenvalue weighted by molar-refractivity contribution is -0.116. The number of rotatable bonds is 12. The van der Waals surface area contributed by atoms with Gasteiger partial charge in [-0.25, -0.2) is 0 Å². The van der Waals surface area contributed by atoms with Crippen molar-refractivity contribution >= 4 is 23.2 Å². The Labute approximate surface area is 176 Å². The van der Waals surface area contributed by atoms with Crippen molar-refractivity contribution in [3.8, 4) is 0 Å². The highest BCUT2D eigenvalue weighted by atomic mass is 16.2. The number of hydrogen-bond acceptors (Lipinski definition) is 3. The van der Waals surface area contributed by atoms with Gasteiger partial charge < -0.3 is 15.5 Å². The number of nitrogens with one attached hydrogen (secondary N) is 2. The van der Waals surface area contributed by atoms with Crippen molar-refractivity contribution in [1.82, 2.24) is 5.32 Å². The van der Waals surface area contributed by atoms with Crippen molar-refractivity contribution in [3.63, 3.8) is 0 Å². The second-order valence-electron chi connectivity index (χ2n) is 8.60. The van der Waals surface area contributed by atoms with Gasteiger partial charge in [-0.1, -0.05) is 52.9 Å². The summed E-state index contributed by atoms with van der Waals surface area (Å²) in [5.74, 6) is 0.366. The molecule has 1 heterocycles. The minimum atomic E-state index is -0.0624. The van der Waals surface area contributed by atoms with Gasteiger partial charge in [0.15, 0.2) is 0 Å². The van der Waals surface area contributed by atoms with E-state index in [-0.39, 0.29) is 11.8 Å². The van der Waals surface area contributed by atoms with Crippen LogP contribution >= 0.6 is 0 Å². The Hall–Kier alpha value is -2.04. The monoisotopic (exact) mass is 401 g/mol. The Morgan fingerprint density at radius 3 is 2.41 bits per heavy atom. The minimum absolute atomic E-state index is 0.0305. The van der Waals surface area contributed by atoms with E-state index in [4.69, 9.17) is 0 Å². The van der Waals surface area contributed by atoms with Crippen LogP contribution in [0.2, 0.25) is 0 Å². The van der Waals surface area contributed by atoms with Crippen molar-refractivity contribution in [3.05, 3.63) is 23.8 Å². The number of amides is 2. The Bertz CT molecular complexity index is 652. The van der Waals surface area contributed by atoms with Gasteiger partial charge in [-0.3, -0.25) is 9.59 Å². The molecule has 2 rings (SSSR count). The molecule has 5 heteroatoms. The first-order valence-electron chi connectivity index (χ1n) is 11.5. The highest BCUT2D eigenvalue weighted by molar-refractivity contribution is 6.02. The fourth-order valence-electron chi connectivity index (χ4n) is 3.71. The zero-order valence-electron chi connectivity index (χ0n) is 18.6. The van der Waals surface area contributed by atoms with E-state index in [1.165, 1.54) is 25.7 Å². The fraction of sp³-hybridized carbons (Fsp3) is 0.667. The number of unbranched alkanes of at least 4 members (excludes halogenated alkanes) is 5. The number of nitrogens with zero attached hydrogens (tertiary/aromatic N) is 1. The van der Waals surface area contributed by atoms with Crippen LogP contribution in [-0.2, 0) is 4.79 Å². The SMILES string of the molecule is CCCCCCCCC(=O)Nc1ccc(N2CCCC2)c(C(=O)NCC(C)C)c1. The molecule has 1 aliphatic rings. The lowest BCUT2D eigenvalue weighted by Gasteiger charge is -2.22. The maximum Gasteiger partial charge on any atom is 0.253 e. The Morgan fingerprint density at radius 1 is 1.03 bits per heavy atom. The number of anilines is 2. The quantitative estimate of drug-likeness (QED) is 0.463. The second-order valence-corrected chi connectivity index (χ2v) is 8.60. The molecule has 0 aliphatic carbocycles. The molecule has 0 atom stereocenters. The molecule has 2 N–H and O–H groups in total. The lowest BCUT2D eigenvalue weighted by Crippen LogP contribution is -2.30. The molecule has 0 radical (unpaired) electrons. The van der Waals surface area contributed by atoms with E-state index in [0.717, 1.165) is 44.5 Å². The zero-order valence-corrected chi connectivity index (χ0v) is 18.6. The largest absolute Gasteiger partial charge is 0.371 e. The lowest BCUT2D eigenvalue weighted by atomic mass is 10.1. The average Bonchev–Trinajstić information content (AvgIpc) is 3.23. The molecule has 1 saturated heterocycles. The van der Waals surface area contributed by atoms with Crippen LogP contribution in [0.3, 0.4) is 0 Å². The molecular weight excluding hydrogens is 362 g/mol. The Kier molecular flexibility index (Phi) is 10.0. The molecule has 1 aliphatic heterocycles. The van der Waals surface area contributed by atoms with Gasteiger partial charge in [-0.2, -0.15) is 0 Å². The summed E-state index contributed by atoms with van der Waals surface area (Å²) >= 11 is 0. The summed E-state index contributed by atoms with van der Waals surface area (Å²) in [6, 6.07) is 5.74. The van der Waals surface area contributed by atoms with Crippen LogP contribution in [-0.4, -0.2) is 31.4 Å². The number of carbonyl (C=O) groups is 2. The van der Waals surface area contributed by atoms with Crippen LogP contribution in [0.4, 0.5) is 11.4 Å². The van der Waals surface area contributed by atoms with E-state index in [9.17, 15) is 9.59 Å². The van der Waals surface area contributed by atoms with Gasteiger partial charge in [-0.15, -0.1) is 0 Å². The molecule has 1 aromatic rings. The van der Waals surface area contributed by atoms with Crippen molar-refractivity contribution in [2.45, 2.75) is 78.6 Å². The van der Waals surface area contributed by atoms with Crippen LogP contribution in [0.1, 0.15) is 88.9 Å². The smallest absolute Gasteiger partial charge is 0.253 e. The molecule has 162 valence electrons. The minimum Gasteiger partial charge on any atom is -0.371 e. The standard InChI is InChI=1S/C24H39N3O2/c1-4-5-6-7-8-9-12-23(28)26-20-13-14-22(27-15-10-11-16-27)21(17-20)24(29)25-18-19(2)3/h13-14,17,19H,4-12,15-16,18H2,1-3H3,(H,25,29)(H,26,28). The van der Waals surface area contributed by atoms with Crippen LogP contribution in [0.5, 0.6) is 0 Å². The molecular formula is C24H39N3O2. The van der Waals surface area contributed by atoms with Crippen molar-refractivity contribution in [1.29, 1.82) is 0 Å². The molecule has 1 aromatic carbocycles. The molecule has 0 aromatic heterocycles. The topological polar surface area (TPSA) is 61.4 Å². The van der Waals surface area contributed by atoms with Crippen LogP contribution in [0.25, 0.3) is 0 Å². The highest BCUT2D eigenvalue weighted by Crippen LogP contribution is 2.28. The highest BCUT2D eigenvalue weighted by Gasteiger charge is 2.20. The Morgan fingerprint density at radius 2 is 1.72 bits per heavy atom. The van der Waals surface area contributed by atoms with Crippen molar-refractivity contribution in [2.24, 2.45) is 5.92 Å².